The molecular formula is C20H22N4O2S2. The largest absolute Gasteiger partial charge is 0.497 e. The zero-order valence-electron chi connectivity index (χ0n) is 15.9. The van der Waals surface area contributed by atoms with Crippen LogP contribution in [-0.4, -0.2) is 28.5 Å². The number of nitrogens with one attached hydrogen (secondary N) is 2. The molecule has 1 atom stereocenters. The van der Waals surface area contributed by atoms with Crippen molar-refractivity contribution < 1.29 is 9.53 Å². The van der Waals surface area contributed by atoms with Gasteiger partial charge in [-0.15, -0.1) is 10.2 Å². The molecule has 0 aliphatic carbocycles. The van der Waals surface area contributed by atoms with Crippen molar-refractivity contribution in [2.45, 2.75) is 23.4 Å². The highest BCUT2D eigenvalue weighted by Crippen LogP contribution is 2.34. The van der Waals surface area contributed by atoms with E-state index in [-0.39, 0.29) is 17.1 Å². The summed E-state index contributed by atoms with van der Waals surface area (Å²) in [6, 6.07) is 17.1. The maximum Gasteiger partial charge on any atom is 0.238 e. The Hall–Kier alpha value is -2.58. The lowest BCUT2D eigenvalue weighted by Gasteiger charge is -2.18. The number of carbonyl (C=O) groups is 1. The van der Waals surface area contributed by atoms with E-state index < -0.39 is 0 Å². The fourth-order valence-corrected chi connectivity index (χ4v) is 4.42. The number of thioether (sulfide) groups is 1. The van der Waals surface area contributed by atoms with E-state index in [0.717, 1.165) is 21.5 Å². The summed E-state index contributed by atoms with van der Waals surface area (Å²) in [5.74, 6) is 0.829. The fourth-order valence-electron chi connectivity index (χ4n) is 2.44. The van der Waals surface area contributed by atoms with Gasteiger partial charge in [-0.2, -0.15) is 0 Å². The van der Waals surface area contributed by atoms with Gasteiger partial charge >= 0.3 is 0 Å². The van der Waals surface area contributed by atoms with Crippen LogP contribution in [0.25, 0.3) is 0 Å². The Morgan fingerprint density at radius 3 is 2.39 bits per heavy atom. The number of aromatic nitrogens is 2. The van der Waals surface area contributed by atoms with Crippen molar-refractivity contribution in [3.05, 3.63) is 54.6 Å². The molecule has 1 heterocycles. The van der Waals surface area contributed by atoms with Gasteiger partial charge in [0.05, 0.1) is 12.4 Å². The number of hydrogen-bond acceptors (Lipinski definition) is 7. The minimum atomic E-state index is -0.278. The van der Waals surface area contributed by atoms with Crippen LogP contribution in [0.3, 0.4) is 0 Å². The Balaban J connectivity index is 1.64. The average Bonchev–Trinajstić information content (AvgIpc) is 3.14. The normalized spacial score (nSPS) is 11.9. The zero-order chi connectivity index (χ0) is 19.9. The molecule has 0 saturated heterocycles. The number of ether oxygens (including phenoxy) is 1. The Kier molecular flexibility index (Phi) is 6.89. The summed E-state index contributed by atoms with van der Waals surface area (Å²) in [6.07, 6.45) is 0. The second kappa shape index (κ2) is 9.57. The van der Waals surface area contributed by atoms with Crippen molar-refractivity contribution in [2.75, 3.05) is 17.7 Å². The molecule has 0 aliphatic heterocycles. The first kappa shape index (κ1) is 20.2. The van der Waals surface area contributed by atoms with Gasteiger partial charge in [0.15, 0.2) is 4.34 Å². The molecule has 0 bridgehead atoms. The van der Waals surface area contributed by atoms with E-state index in [1.165, 1.54) is 23.1 Å². The first-order valence-electron chi connectivity index (χ1n) is 8.82. The van der Waals surface area contributed by atoms with Gasteiger partial charge in [0.2, 0.25) is 11.0 Å². The molecule has 0 fully saturated rings. The number of nitrogens with zero attached hydrogens (tertiary/aromatic N) is 2. The van der Waals surface area contributed by atoms with Gasteiger partial charge in [-0.1, -0.05) is 55.1 Å². The molecule has 0 saturated carbocycles. The summed E-state index contributed by atoms with van der Waals surface area (Å²) < 4.78 is 5.90. The number of anilines is 3. The Labute approximate surface area is 172 Å². The predicted molar refractivity (Wildman–Crippen MR) is 116 cm³/mol. The lowest BCUT2D eigenvalue weighted by Crippen LogP contribution is -2.29. The van der Waals surface area contributed by atoms with Crippen molar-refractivity contribution in [3.63, 3.8) is 0 Å². The number of methoxy groups -OCH3 is 1. The lowest BCUT2D eigenvalue weighted by atomic mass is 10.1. The van der Waals surface area contributed by atoms with E-state index in [2.05, 4.69) is 20.8 Å². The molecule has 146 valence electrons. The van der Waals surface area contributed by atoms with Crippen LogP contribution in [0.15, 0.2) is 58.9 Å². The van der Waals surface area contributed by atoms with Crippen molar-refractivity contribution in [1.82, 2.24) is 10.2 Å². The van der Waals surface area contributed by atoms with Crippen molar-refractivity contribution in [3.8, 4) is 5.75 Å². The third-order valence-electron chi connectivity index (χ3n) is 3.88. The molecule has 1 unspecified atom stereocenters. The number of para-hydroxylation sites is 1. The number of rotatable bonds is 8. The Morgan fingerprint density at radius 1 is 1.04 bits per heavy atom. The highest BCUT2D eigenvalue weighted by atomic mass is 32.2. The number of amides is 1. The van der Waals surface area contributed by atoms with E-state index in [1.54, 1.807) is 7.11 Å². The molecular weight excluding hydrogens is 392 g/mol. The molecule has 0 spiro atoms. The fraction of sp³-hybridized carbons (Fsp3) is 0.250. The highest BCUT2D eigenvalue weighted by molar-refractivity contribution is 8.02. The van der Waals surface area contributed by atoms with Crippen molar-refractivity contribution in [2.24, 2.45) is 5.92 Å². The lowest BCUT2D eigenvalue weighted by molar-refractivity contribution is -0.116. The second-order valence-corrected chi connectivity index (χ2v) is 8.73. The van der Waals surface area contributed by atoms with Crippen LogP contribution >= 0.6 is 23.1 Å². The molecule has 28 heavy (non-hydrogen) atoms. The number of hydrogen-bond donors (Lipinski definition) is 2. The van der Waals surface area contributed by atoms with Crippen LogP contribution in [0.4, 0.5) is 16.5 Å². The summed E-state index contributed by atoms with van der Waals surface area (Å²) in [6.45, 7) is 4.05. The summed E-state index contributed by atoms with van der Waals surface area (Å²) in [5, 5.41) is 15.0. The van der Waals surface area contributed by atoms with Crippen LogP contribution in [0, 0.1) is 5.92 Å². The average molecular weight is 415 g/mol. The van der Waals surface area contributed by atoms with Crippen LogP contribution < -0.4 is 15.4 Å². The highest BCUT2D eigenvalue weighted by Gasteiger charge is 2.25. The van der Waals surface area contributed by atoms with Gasteiger partial charge in [-0.05, 0) is 42.3 Å². The first-order chi connectivity index (χ1) is 13.5. The summed E-state index contributed by atoms with van der Waals surface area (Å²) in [4.78, 5) is 12.8. The van der Waals surface area contributed by atoms with E-state index in [1.807, 2.05) is 68.4 Å². The molecule has 0 aliphatic rings. The van der Waals surface area contributed by atoms with E-state index >= 15 is 0 Å². The summed E-state index contributed by atoms with van der Waals surface area (Å²) in [7, 11) is 1.61. The Bertz CT molecular complexity index is 898. The SMILES string of the molecule is COc1ccc(NC(=O)C(Sc2nnc(Nc3ccccc3)s2)C(C)C)cc1. The molecule has 1 aromatic heterocycles. The molecule has 2 N–H and O–H groups in total. The van der Waals surface area contributed by atoms with E-state index in [0.29, 0.717) is 5.13 Å². The van der Waals surface area contributed by atoms with Gasteiger partial charge in [0.25, 0.3) is 0 Å². The molecule has 3 aromatic rings. The van der Waals surface area contributed by atoms with E-state index in [4.69, 9.17) is 4.74 Å². The smallest absolute Gasteiger partial charge is 0.238 e. The number of carbonyl (C=O) groups excluding carboxylic acids is 1. The standard InChI is InChI=1S/C20H22N4O2S2/c1-13(2)17(18(25)21-15-9-11-16(26-3)12-10-15)27-20-24-23-19(28-20)22-14-7-5-4-6-8-14/h4-13,17H,1-3H3,(H,21,25)(H,22,23). The molecule has 1 amide bonds. The predicted octanol–water partition coefficient (Wildman–Crippen LogP) is 5.05. The summed E-state index contributed by atoms with van der Waals surface area (Å²) >= 11 is 2.87. The van der Waals surface area contributed by atoms with Crippen LogP contribution in [0.2, 0.25) is 0 Å². The second-order valence-electron chi connectivity index (χ2n) is 6.36. The van der Waals surface area contributed by atoms with Gasteiger partial charge < -0.3 is 15.4 Å². The maximum atomic E-state index is 12.8. The third kappa shape index (κ3) is 5.46. The topological polar surface area (TPSA) is 76.1 Å². The van der Waals surface area contributed by atoms with Crippen LogP contribution in [0.5, 0.6) is 5.75 Å². The molecule has 2 aromatic carbocycles. The summed E-state index contributed by atoms with van der Waals surface area (Å²) in [5.41, 5.74) is 1.69. The van der Waals surface area contributed by atoms with Gasteiger partial charge in [-0.25, -0.2) is 0 Å². The van der Waals surface area contributed by atoms with Crippen molar-refractivity contribution in [1.29, 1.82) is 0 Å². The number of benzene rings is 2. The molecule has 6 nitrogen and oxygen atoms in total. The molecule has 8 heteroatoms. The third-order valence-corrected chi connectivity index (χ3v) is 6.35. The monoisotopic (exact) mass is 414 g/mol. The molecule has 0 radical (unpaired) electrons. The van der Waals surface area contributed by atoms with Gasteiger partial charge in [0, 0.05) is 11.4 Å². The van der Waals surface area contributed by atoms with E-state index in [9.17, 15) is 4.79 Å². The maximum absolute atomic E-state index is 12.8. The van der Waals surface area contributed by atoms with Crippen molar-refractivity contribution >= 4 is 45.5 Å². The minimum absolute atomic E-state index is 0.0575. The quantitative estimate of drug-likeness (QED) is 0.503. The molecule has 3 rings (SSSR count). The first-order valence-corrected chi connectivity index (χ1v) is 10.5. The van der Waals surface area contributed by atoms with Gasteiger partial charge in [-0.3, -0.25) is 4.79 Å². The van der Waals surface area contributed by atoms with Crippen LogP contribution in [-0.2, 0) is 4.79 Å². The zero-order valence-corrected chi connectivity index (χ0v) is 17.5. The van der Waals surface area contributed by atoms with Gasteiger partial charge in [0.1, 0.15) is 5.75 Å². The van der Waals surface area contributed by atoms with Crippen LogP contribution in [0.1, 0.15) is 13.8 Å². The Morgan fingerprint density at radius 2 is 1.75 bits per heavy atom. The minimum Gasteiger partial charge on any atom is -0.497 e.